The summed E-state index contributed by atoms with van der Waals surface area (Å²) in [5.74, 6) is 0.118. The van der Waals surface area contributed by atoms with E-state index in [9.17, 15) is 4.79 Å². The largest absolute Gasteiger partial charge is 0.339 e. The molecule has 0 radical (unpaired) electrons. The molecule has 6 heteroatoms. The van der Waals surface area contributed by atoms with E-state index in [0.717, 1.165) is 50.3 Å². The molecule has 120 valence electrons. The molecule has 2 saturated heterocycles. The van der Waals surface area contributed by atoms with Crippen LogP contribution in [0, 0.1) is 5.41 Å². The van der Waals surface area contributed by atoms with Gasteiger partial charge in [-0.05, 0) is 49.4 Å². The molecule has 0 atom stereocenters. The highest BCUT2D eigenvalue weighted by Gasteiger charge is 2.38. The highest BCUT2D eigenvalue weighted by Crippen LogP contribution is 2.37. The summed E-state index contributed by atoms with van der Waals surface area (Å²) >= 11 is 0. The third-order valence-electron chi connectivity index (χ3n) is 5.22. The molecular formula is C17H21N5O. The molecule has 1 aromatic carbocycles. The SMILES string of the molecule is O=C(c1cccc(-n2cncn2)c1)N1CCC2(CCNC2)CC1. The summed E-state index contributed by atoms with van der Waals surface area (Å²) in [5.41, 5.74) is 2.01. The van der Waals surface area contributed by atoms with Gasteiger partial charge in [-0.25, -0.2) is 9.67 Å². The van der Waals surface area contributed by atoms with Gasteiger partial charge in [0.1, 0.15) is 12.7 Å². The van der Waals surface area contributed by atoms with Crippen LogP contribution in [0.1, 0.15) is 29.6 Å². The first-order valence-corrected chi connectivity index (χ1v) is 8.21. The lowest BCUT2D eigenvalue weighted by Crippen LogP contribution is -2.44. The van der Waals surface area contributed by atoms with Crippen LogP contribution in [0.25, 0.3) is 5.69 Å². The lowest BCUT2D eigenvalue weighted by atomic mass is 9.78. The minimum Gasteiger partial charge on any atom is -0.339 e. The number of piperidine rings is 1. The van der Waals surface area contributed by atoms with Crippen molar-refractivity contribution >= 4 is 5.91 Å². The molecule has 6 nitrogen and oxygen atoms in total. The third-order valence-corrected chi connectivity index (χ3v) is 5.22. The van der Waals surface area contributed by atoms with Crippen molar-refractivity contribution < 1.29 is 4.79 Å². The molecule has 1 amide bonds. The molecule has 2 fully saturated rings. The van der Waals surface area contributed by atoms with Crippen LogP contribution >= 0.6 is 0 Å². The molecular weight excluding hydrogens is 290 g/mol. The predicted octanol–water partition coefficient (Wildman–Crippen LogP) is 1.48. The zero-order valence-corrected chi connectivity index (χ0v) is 13.1. The molecule has 2 aliphatic heterocycles. The van der Waals surface area contributed by atoms with Gasteiger partial charge in [-0.15, -0.1) is 0 Å². The standard InChI is InChI=1S/C17H21N5O/c23-16(21-8-5-17(6-9-21)4-7-18-11-17)14-2-1-3-15(10-14)22-13-19-12-20-22/h1-3,10,12-13,18H,4-9,11H2. The molecule has 1 aromatic heterocycles. The number of likely N-dealkylation sites (tertiary alicyclic amines) is 1. The fourth-order valence-corrected chi connectivity index (χ4v) is 3.71. The molecule has 1 spiro atoms. The average Bonchev–Trinajstić information content (AvgIpc) is 3.28. The molecule has 3 heterocycles. The molecule has 0 bridgehead atoms. The Bertz CT molecular complexity index is 681. The van der Waals surface area contributed by atoms with E-state index in [1.807, 2.05) is 29.2 Å². The Labute approximate surface area is 135 Å². The van der Waals surface area contributed by atoms with Crippen LogP contribution in [0.5, 0.6) is 0 Å². The molecule has 0 saturated carbocycles. The zero-order valence-electron chi connectivity index (χ0n) is 13.1. The Balaban J connectivity index is 1.48. The van der Waals surface area contributed by atoms with E-state index in [2.05, 4.69) is 15.4 Å². The van der Waals surface area contributed by atoms with E-state index in [0.29, 0.717) is 5.41 Å². The second kappa shape index (κ2) is 5.77. The van der Waals surface area contributed by atoms with Crippen molar-refractivity contribution in [3.63, 3.8) is 0 Å². The number of amides is 1. The number of benzene rings is 1. The van der Waals surface area contributed by atoms with Crippen LogP contribution in [0.2, 0.25) is 0 Å². The minimum atomic E-state index is 0.118. The number of rotatable bonds is 2. The Morgan fingerprint density at radius 2 is 2.09 bits per heavy atom. The topological polar surface area (TPSA) is 63.1 Å². The number of aromatic nitrogens is 3. The maximum Gasteiger partial charge on any atom is 0.253 e. The minimum absolute atomic E-state index is 0.118. The smallest absolute Gasteiger partial charge is 0.253 e. The highest BCUT2D eigenvalue weighted by atomic mass is 16.2. The quantitative estimate of drug-likeness (QED) is 0.912. The van der Waals surface area contributed by atoms with Gasteiger partial charge in [-0.2, -0.15) is 5.10 Å². The monoisotopic (exact) mass is 311 g/mol. The van der Waals surface area contributed by atoms with Gasteiger partial charge in [0.05, 0.1) is 5.69 Å². The molecule has 23 heavy (non-hydrogen) atoms. The summed E-state index contributed by atoms with van der Waals surface area (Å²) in [7, 11) is 0. The fraction of sp³-hybridized carbons (Fsp3) is 0.471. The van der Waals surface area contributed by atoms with Crippen molar-refractivity contribution in [2.45, 2.75) is 19.3 Å². The molecule has 0 aliphatic carbocycles. The summed E-state index contributed by atoms with van der Waals surface area (Å²) in [4.78, 5) is 18.7. The number of nitrogens with one attached hydrogen (secondary N) is 1. The lowest BCUT2D eigenvalue weighted by molar-refractivity contribution is 0.0607. The number of hydrogen-bond donors (Lipinski definition) is 1. The van der Waals surface area contributed by atoms with Crippen LogP contribution in [0.3, 0.4) is 0 Å². The molecule has 4 rings (SSSR count). The first-order chi connectivity index (χ1) is 11.3. The summed E-state index contributed by atoms with van der Waals surface area (Å²) in [5, 5.41) is 7.58. The van der Waals surface area contributed by atoms with Crippen molar-refractivity contribution in [3.8, 4) is 5.69 Å². The molecule has 2 aliphatic rings. The van der Waals surface area contributed by atoms with Crippen LogP contribution in [-0.2, 0) is 0 Å². The van der Waals surface area contributed by atoms with Crippen molar-refractivity contribution in [3.05, 3.63) is 42.5 Å². The van der Waals surface area contributed by atoms with Crippen LogP contribution in [-0.4, -0.2) is 51.8 Å². The van der Waals surface area contributed by atoms with E-state index in [4.69, 9.17) is 0 Å². The van der Waals surface area contributed by atoms with Gasteiger partial charge in [0.15, 0.2) is 0 Å². The second-order valence-corrected chi connectivity index (χ2v) is 6.61. The van der Waals surface area contributed by atoms with Gasteiger partial charge in [0, 0.05) is 25.2 Å². The maximum absolute atomic E-state index is 12.8. The van der Waals surface area contributed by atoms with Crippen LogP contribution in [0.15, 0.2) is 36.9 Å². The van der Waals surface area contributed by atoms with E-state index >= 15 is 0 Å². The predicted molar refractivity (Wildman–Crippen MR) is 86.4 cm³/mol. The van der Waals surface area contributed by atoms with Gasteiger partial charge in [0.2, 0.25) is 0 Å². The van der Waals surface area contributed by atoms with Crippen molar-refractivity contribution in [1.29, 1.82) is 0 Å². The van der Waals surface area contributed by atoms with Gasteiger partial charge in [0.25, 0.3) is 5.91 Å². The first kappa shape index (κ1) is 14.4. The highest BCUT2D eigenvalue weighted by molar-refractivity contribution is 5.94. The lowest BCUT2D eigenvalue weighted by Gasteiger charge is -2.38. The normalized spacial score (nSPS) is 20.1. The Kier molecular flexibility index (Phi) is 3.61. The van der Waals surface area contributed by atoms with Crippen molar-refractivity contribution in [2.75, 3.05) is 26.2 Å². The number of carbonyl (C=O) groups excluding carboxylic acids is 1. The van der Waals surface area contributed by atoms with E-state index in [1.54, 1.807) is 11.0 Å². The Morgan fingerprint density at radius 3 is 2.78 bits per heavy atom. The average molecular weight is 311 g/mol. The van der Waals surface area contributed by atoms with Crippen LogP contribution in [0.4, 0.5) is 0 Å². The van der Waals surface area contributed by atoms with E-state index in [-0.39, 0.29) is 5.91 Å². The van der Waals surface area contributed by atoms with Gasteiger partial charge < -0.3 is 10.2 Å². The van der Waals surface area contributed by atoms with Crippen LogP contribution < -0.4 is 5.32 Å². The molecule has 2 aromatic rings. The maximum atomic E-state index is 12.8. The van der Waals surface area contributed by atoms with Gasteiger partial charge >= 0.3 is 0 Å². The number of hydrogen-bond acceptors (Lipinski definition) is 4. The molecule has 0 unspecified atom stereocenters. The van der Waals surface area contributed by atoms with Crippen molar-refractivity contribution in [1.82, 2.24) is 25.0 Å². The Hall–Kier alpha value is -2.21. The van der Waals surface area contributed by atoms with E-state index in [1.165, 1.54) is 12.7 Å². The summed E-state index contributed by atoms with van der Waals surface area (Å²) in [6.45, 7) is 3.94. The Morgan fingerprint density at radius 1 is 1.22 bits per heavy atom. The summed E-state index contributed by atoms with van der Waals surface area (Å²) in [6, 6.07) is 7.60. The number of carbonyl (C=O) groups is 1. The second-order valence-electron chi connectivity index (χ2n) is 6.61. The first-order valence-electron chi connectivity index (χ1n) is 8.21. The van der Waals surface area contributed by atoms with E-state index < -0.39 is 0 Å². The summed E-state index contributed by atoms with van der Waals surface area (Å²) in [6.07, 6.45) is 6.59. The number of nitrogens with zero attached hydrogens (tertiary/aromatic N) is 4. The fourth-order valence-electron chi connectivity index (χ4n) is 3.71. The third kappa shape index (κ3) is 2.74. The molecule has 1 N–H and O–H groups in total. The zero-order chi connectivity index (χ0) is 15.7. The summed E-state index contributed by atoms with van der Waals surface area (Å²) < 4.78 is 1.67. The van der Waals surface area contributed by atoms with Gasteiger partial charge in [-0.1, -0.05) is 6.07 Å². The van der Waals surface area contributed by atoms with Gasteiger partial charge in [-0.3, -0.25) is 4.79 Å². The van der Waals surface area contributed by atoms with Crippen molar-refractivity contribution in [2.24, 2.45) is 5.41 Å².